The molecule has 0 aromatic rings. The van der Waals surface area contributed by atoms with Crippen LogP contribution in [0.15, 0.2) is 11.6 Å². The van der Waals surface area contributed by atoms with Crippen LogP contribution in [0.3, 0.4) is 0 Å². The van der Waals surface area contributed by atoms with Gasteiger partial charge in [-0.05, 0) is 0 Å². The number of hydrogen-bond acceptors (Lipinski definition) is 2. The summed E-state index contributed by atoms with van der Waals surface area (Å²) in [5, 5.41) is 1.20. The van der Waals surface area contributed by atoms with Crippen molar-refractivity contribution >= 4 is 37.8 Å². The molecule has 58 valence electrons. The van der Waals surface area contributed by atoms with Crippen LogP contribution in [-0.2, 0) is 9.53 Å². The molecule has 0 fully saturated rings. The van der Waals surface area contributed by atoms with Gasteiger partial charge in [0.2, 0.25) is 0 Å². The zero-order valence-electron chi connectivity index (χ0n) is 5.56. The third kappa shape index (κ3) is 3.37. The first-order valence-corrected chi connectivity index (χ1v) is 4.89. The van der Waals surface area contributed by atoms with Crippen LogP contribution in [0.25, 0.3) is 0 Å². The molecule has 0 atom stereocenters. The molecule has 2 nitrogen and oxygen atoms in total. The molecule has 0 saturated carbocycles. The number of allylic oxidation sites excluding steroid dienone is 1. The average molecular weight is 272 g/mol. The van der Waals surface area contributed by atoms with Gasteiger partial charge in [0, 0.05) is 16.2 Å². The molecule has 0 aliphatic heterocycles. The summed E-state index contributed by atoms with van der Waals surface area (Å²) in [7, 11) is 1.37. The van der Waals surface area contributed by atoms with Crippen molar-refractivity contribution in [3.05, 3.63) is 11.6 Å². The molecule has 0 radical (unpaired) electrons. The van der Waals surface area contributed by atoms with Gasteiger partial charge in [0.1, 0.15) is 0 Å². The summed E-state index contributed by atoms with van der Waals surface area (Å²) < 4.78 is 4.50. The van der Waals surface area contributed by atoms with Gasteiger partial charge >= 0.3 is 5.97 Å². The van der Waals surface area contributed by atoms with E-state index in [1.165, 1.54) is 7.11 Å². The van der Waals surface area contributed by atoms with Crippen molar-refractivity contribution in [2.24, 2.45) is 0 Å². The number of carbonyl (C=O) groups excluding carboxylic acids is 1. The van der Waals surface area contributed by atoms with Crippen LogP contribution in [-0.4, -0.2) is 23.7 Å². The maximum atomic E-state index is 10.8. The van der Waals surface area contributed by atoms with Crippen molar-refractivity contribution in [1.82, 2.24) is 0 Å². The van der Waals surface area contributed by atoms with E-state index in [9.17, 15) is 4.79 Å². The predicted molar refractivity (Wildman–Crippen MR) is 47.7 cm³/mol. The van der Waals surface area contributed by atoms with Crippen LogP contribution in [0.5, 0.6) is 0 Å². The number of hydrogen-bond donors (Lipinski definition) is 0. The predicted octanol–water partition coefficient (Wildman–Crippen LogP) is 1.88. The van der Waals surface area contributed by atoms with E-state index >= 15 is 0 Å². The Labute approximate surface area is 76.9 Å². The number of ether oxygens (including phenoxy) is 1. The summed E-state index contributed by atoms with van der Waals surface area (Å²) in [5.74, 6) is -0.281. The smallest absolute Gasteiger partial charge is 0.334 e. The second-order valence-corrected chi connectivity index (χ2v) is 2.72. The molecule has 0 bridgehead atoms. The summed E-state index contributed by atoms with van der Waals surface area (Å²) in [6, 6.07) is 0. The number of alkyl halides is 2. The molecule has 0 rings (SSSR count). The maximum Gasteiger partial charge on any atom is 0.334 e. The van der Waals surface area contributed by atoms with E-state index in [-0.39, 0.29) is 5.97 Å². The fourth-order valence-corrected chi connectivity index (χ4v) is 1.27. The second-order valence-electron chi connectivity index (χ2n) is 1.51. The van der Waals surface area contributed by atoms with Gasteiger partial charge in [0.15, 0.2) is 0 Å². The molecular formula is C6H8Br2O2. The first-order chi connectivity index (χ1) is 4.76. The fraction of sp³-hybridized carbons (Fsp3) is 0.500. The highest BCUT2D eigenvalue weighted by Gasteiger charge is 2.05. The lowest BCUT2D eigenvalue weighted by Gasteiger charge is -1.98. The topological polar surface area (TPSA) is 26.3 Å². The van der Waals surface area contributed by atoms with Gasteiger partial charge in [-0.2, -0.15) is 0 Å². The number of halogens is 2. The molecule has 0 heterocycles. The Balaban J connectivity index is 4.06. The SMILES string of the molecule is COC(=O)C(=CCBr)CBr. The maximum absolute atomic E-state index is 10.8. The van der Waals surface area contributed by atoms with Gasteiger partial charge in [-0.25, -0.2) is 4.79 Å². The quantitative estimate of drug-likeness (QED) is 0.445. The normalized spacial score (nSPS) is 11.3. The van der Waals surface area contributed by atoms with E-state index in [0.29, 0.717) is 16.2 Å². The molecule has 0 aromatic carbocycles. The summed E-state index contributed by atoms with van der Waals surface area (Å²) in [6.07, 6.45) is 1.76. The van der Waals surface area contributed by atoms with Crippen LogP contribution in [0.1, 0.15) is 0 Å². The minimum absolute atomic E-state index is 0.281. The Hall–Kier alpha value is 0.170. The van der Waals surface area contributed by atoms with Gasteiger partial charge in [-0.15, -0.1) is 0 Å². The second kappa shape index (κ2) is 5.92. The first kappa shape index (κ1) is 10.2. The van der Waals surface area contributed by atoms with Gasteiger partial charge in [0.25, 0.3) is 0 Å². The van der Waals surface area contributed by atoms with Gasteiger partial charge in [0.05, 0.1) is 7.11 Å². The van der Waals surface area contributed by atoms with Crippen molar-refractivity contribution < 1.29 is 9.53 Å². The minimum atomic E-state index is -0.281. The van der Waals surface area contributed by atoms with E-state index in [4.69, 9.17) is 0 Å². The van der Waals surface area contributed by atoms with Crippen LogP contribution < -0.4 is 0 Å². The molecule has 0 N–H and O–H groups in total. The largest absolute Gasteiger partial charge is 0.466 e. The number of methoxy groups -OCH3 is 1. The van der Waals surface area contributed by atoms with Crippen molar-refractivity contribution in [2.45, 2.75) is 0 Å². The highest BCUT2D eigenvalue weighted by molar-refractivity contribution is 9.09. The molecule has 0 aromatic heterocycles. The summed E-state index contributed by atoms with van der Waals surface area (Å²) in [4.78, 5) is 10.8. The summed E-state index contributed by atoms with van der Waals surface area (Å²) in [5.41, 5.74) is 0.638. The fourth-order valence-electron chi connectivity index (χ4n) is 0.417. The van der Waals surface area contributed by atoms with E-state index < -0.39 is 0 Å². The first-order valence-electron chi connectivity index (χ1n) is 2.65. The molecule has 0 unspecified atom stereocenters. The van der Waals surface area contributed by atoms with Gasteiger partial charge in [-0.1, -0.05) is 37.9 Å². The van der Waals surface area contributed by atoms with Gasteiger partial charge < -0.3 is 4.74 Å². The molecular weight excluding hydrogens is 264 g/mol. The standard InChI is InChI=1S/C6H8Br2O2/c1-10-6(9)5(4-8)2-3-7/h2H,3-4H2,1H3. The number of esters is 1. The zero-order chi connectivity index (χ0) is 7.98. The minimum Gasteiger partial charge on any atom is -0.466 e. The molecule has 0 aliphatic carbocycles. The third-order valence-corrected chi connectivity index (χ3v) is 1.84. The molecule has 0 spiro atoms. The third-order valence-electron chi connectivity index (χ3n) is 0.915. The van der Waals surface area contributed by atoms with Crippen molar-refractivity contribution in [2.75, 3.05) is 17.8 Å². The average Bonchev–Trinajstić information content (AvgIpc) is 1.99. The van der Waals surface area contributed by atoms with Crippen LogP contribution >= 0.6 is 31.9 Å². The van der Waals surface area contributed by atoms with Gasteiger partial charge in [-0.3, -0.25) is 0 Å². The van der Waals surface area contributed by atoms with E-state index in [2.05, 4.69) is 36.6 Å². The Morgan fingerprint density at radius 2 is 2.20 bits per heavy atom. The lowest BCUT2D eigenvalue weighted by Crippen LogP contribution is -2.05. The molecule has 10 heavy (non-hydrogen) atoms. The summed E-state index contributed by atoms with van der Waals surface area (Å²) >= 11 is 6.35. The zero-order valence-corrected chi connectivity index (χ0v) is 8.74. The Kier molecular flexibility index (Phi) is 6.02. The Bertz CT molecular complexity index is 143. The van der Waals surface area contributed by atoms with Crippen LogP contribution in [0.4, 0.5) is 0 Å². The number of carbonyl (C=O) groups is 1. The van der Waals surface area contributed by atoms with E-state index in [1.807, 2.05) is 0 Å². The lowest BCUT2D eigenvalue weighted by atomic mass is 10.3. The molecule has 0 saturated heterocycles. The highest BCUT2D eigenvalue weighted by atomic mass is 79.9. The molecule has 4 heteroatoms. The lowest BCUT2D eigenvalue weighted by molar-refractivity contribution is -0.135. The van der Waals surface area contributed by atoms with E-state index in [1.54, 1.807) is 6.08 Å². The highest BCUT2D eigenvalue weighted by Crippen LogP contribution is 2.02. The van der Waals surface area contributed by atoms with Crippen molar-refractivity contribution in [3.8, 4) is 0 Å². The number of rotatable bonds is 3. The summed E-state index contributed by atoms with van der Waals surface area (Å²) in [6.45, 7) is 0. The van der Waals surface area contributed by atoms with E-state index in [0.717, 1.165) is 0 Å². The monoisotopic (exact) mass is 270 g/mol. The van der Waals surface area contributed by atoms with Crippen LogP contribution in [0, 0.1) is 0 Å². The van der Waals surface area contributed by atoms with Crippen molar-refractivity contribution in [3.63, 3.8) is 0 Å². The Morgan fingerprint density at radius 1 is 1.60 bits per heavy atom. The Morgan fingerprint density at radius 3 is 2.50 bits per heavy atom. The molecule has 0 aliphatic rings. The molecule has 0 amide bonds. The van der Waals surface area contributed by atoms with Crippen molar-refractivity contribution in [1.29, 1.82) is 0 Å². The van der Waals surface area contributed by atoms with Crippen LogP contribution in [0.2, 0.25) is 0 Å².